The fourth-order valence-corrected chi connectivity index (χ4v) is 5.94. The van der Waals surface area contributed by atoms with E-state index in [0.29, 0.717) is 12.8 Å². The van der Waals surface area contributed by atoms with Gasteiger partial charge in [0, 0.05) is 29.7 Å². The van der Waals surface area contributed by atoms with Gasteiger partial charge in [-0.3, -0.25) is 4.79 Å². The second-order valence-electron chi connectivity index (χ2n) is 7.25. The quantitative estimate of drug-likeness (QED) is 0.356. The largest absolute Gasteiger partial charge is 0.465 e. The zero-order valence-corrected chi connectivity index (χ0v) is 19.5. The molecule has 32 heavy (non-hydrogen) atoms. The Balaban J connectivity index is 1.67. The van der Waals surface area contributed by atoms with E-state index in [0.717, 1.165) is 16.3 Å². The Bertz CT molecular complexity index is 1090. The van der Waals surface area contributed by atoms with Crippen molar-refractivity contribution in [2.45, 2.75) is 22.6 Å². The van der Waals surface area contributed by atoms with Gasteiger partial charge in [0.2, 0.25) is 15.9 Å². The molecule has 0 saturated carbocycles. The number of nitrogens with one attached hydrogen (secondary N) is 1. The lowest BCUT2D eigenvalue weighted by Crippen LogP contribution is -2.41. The van der Waals surface area contributed by atoms with Gasteiger partial charge < -0.3 is 10.1 Å². The minimum atomic E-state index is -3.88. The van der Waals surface area contributed by atoms with Crippen molar-refractivity contribution in [3.05, 3.63) is 66.7 Å². The first kappa shape index (κ1) is 24.0. The third-order valence-electron chi connectivity index (χ3n) is 5.24. The van der Waals surface area contributed by atoms with E-state index in [9.17, 15) is 18.0 Å². The Morgan fingerprint density at radius 2 is 1.81 bits per heavy atom. The maximum Gasteiger partial charge on any atom is 0.339 e. The molecule has 0 radical (unpaired) electrons. The number of thioether (sulfide) groups is 1. The average molecular weight is 475 g/mol. The van der Waals surface area contributed by atoms with Crippen LogP contribution in [0.15, 0.2) is 71.0 Å². The first-order valence-electron chi connectivity index (χ1n) is 10.2. The molecule has 170 valence electrons. The number of nitrogens with zero attached hydrogens (tertiary/aromatic N) is 1. The molecule has 1 fully saturated rings. The number of hydrogen-bond donors (Lipinski definition) is 1. The second-order valence-corrected chi connectivity index (χ2v) is 10.2. The van der Waals surface area contributed by atoms with E-state index in [1.807, 2.05) is 24.3 Å². The molecular formula is C23H26N2O5S2. The van der Waals surface area contributed by atoms with E-state index in [1.54, 1.807) is 30.0 Å². The maximum absolute atomic E-state index is 13.1. The smallest absolute Gasteiger partial charge is 0.339 e. The van der Waals surface area contributed by atoms with Crippen LogP contribution >= 0.6 is 11.8 Å². The number of para-hydroxylation sites is 1. The van der Waals surface area contributed by atoms with Gasteiger partial charge in [-0.2, -0.15) is 4.31 Å². The van der Waals surface area contributed by atoms with Crippen LogP contribution in [0.5, 0.6) is 0 Å². The number of carbonyl (C=O) groups excluding carboxylic acids is 2. The molecular weight excluding hydrogens is 448 g/mol. The number of hydrogen-bond acceptors (Lipinski definition) is 6. The van der Waals surface area contributed by atoms with Crippen LogP contribution in [-0.4, -0.2) is 50.6 Å². The molecule has 1 amide bonds. The summed E-state index contributed by atoms with van der Waals surface area (Å²) in [4.78, 5) is 25.7. The van der Waals surface area contributed by atoms with Crippen LogP contribution in [0.3, 0.4) is 0 Å². The Morgan fingerprint density at radius 1 is 1.16 bits per heavy atom. The van der Waals surface area contributed by atoms with Gasteiger partial charge in [-0.15, -0.1) is 18.3 Å². The molecule has 1 aliphatic rings. The number of rotatable bonds is 8. The Hall–Kier alpha value is -2.62. The fourth-order valence-electron chi connectivity index (χ4n) is 3.55. The first-order valence-corrected chi connectivity index (χ1v) is 12.6. The molecule has 3 rings (SSSR count). The van der Waals surface area contributed by atoms with Crippen LogP contribution in [0.1, 0.15) is 23.2 Å². The third-order valence-corrected chi connectivity index (χ3v) is 8.26. The van der Waals surface area contributed by atoms with Gasteiger partial charge in [-0.1, -0.05) is 30.3 Å². The molecule has 1 saturated heterocycles. The number of sulfonamides is 1. The second kappa shape index (κ2) is 10.8. The van der Waals surface area contributed by atoms with Gasteiger partial charge in [-0.05, 0) is 37.1 Å². The lowest BCUT2D eigenvalue weighted by atomic mass is 9.97. The summed E-state index contributed by atoms with van der Waals surface area (Å²) in [6, 6.07) is 13.6. The van der Waals surface area contributed by atoms with Crippen LogP contribution in [0.4, 0.5) is 5.69 Å². The molecule has 2 aromatic carbocycles. The monoisotopic (exact) mass is 474 g/mol. The number of benzene rings is 2. The van der Waals surface area contributed by atoms with Crippen molar-refractivity contribution in [3.63, 3.8) is 0 Å². The van der Waals surface area contributed by atoms with Gasteiger partial charge in [0.15, 0.2) is 0 Å². The third kappa shape index (κ3) is 5.40. The number of amides is 1. The molecule has 7 nitrogen and oxygen atoms in total. The van der Waals surface area contributed by atoms with Gasteiger partial charge in [0.05, 0.1) is 23.3 Å². The lowest BCUT2D eigenvalue weighted by Gasteiger charge is -2.31. The molecule has 1 aliphatic heterocycles. The minimum Gasteiger partial charge on any atom is -0.465 e. The van der Waals surface area contributed by atoms with Crippen LogP contribution in [0.2, 0.25) is 0 Å². The molecule has 0 spiro atoms. The fraction of sp³-hybridized carbons (Fsp3) is 0.304. The minimum absolute atomic E-state index is 0.00324. The van der Waals surface area contributed by atoms with Crippen molar-refractivity contribution < 1.29 is 22.7 Å². The van der Waals surface area contributed by atoms with E-state index in [4.69, 9.17) is 4.74 Å². The Kier molecular flexibility index (Phi) is 8.11. The highest BCUT2D eigenvalue weighted by Gasteiger charge is 2.34. The molecule has 0 aliphatic carbocycles. The molecule has 2 aromatic rings. The highest BCUT2D eigenvalue weighted by atomic mass is 32.2. The van der Waals surface area contributed by atoms with Gasteiger partial charge in [0.25, 0.3) is 0 Å². The molecule has 0 aromatic heterocycles. The van der Waals surface area contributed by atoms with Crippen molar-refractivity contribution in [2.24, 2.45) is 5.92 Å². The average Bonchev–Trinajstić information content (AvgIpc) is 2.83. The summed E-state index contributed by atoms with van der Waals surface area (Å²) in [5, 5.41) is 2.98. The van der Waals surface area contributed by atoms with E-state index < -0.39 is 16.0 Å². The predicted octanol–water partition coefficient (Wildman–Crippen LogP) is 3.79. The van der Waals surface area contributed by atoms with Crippen molar-refractivity contribution in [1.82, 2.24) is 4.31 Å². The number of ether oxygens (including phenoxy) is 1. The van der Waals surface area contributed by atoms with Gasteiger partial charge >= 0.3 is 5.97 Å². The van der Waals surface area contributed by atoms with Crippen LogP contribution < -0.4 is 5.32 Å². The number of carbonyl (C=O) groups is 2. The van der Waals surface area contributed by atoms with E-state index in [1.165, 1.54) is 23.5 Å². The van der Waals surface area contributed by atoms with Gasteiger partial charge in [-0.25, -0.2) is 13.2 Å². The topological polar surface area (TPSA) is 92.8 Å². The van der Waals surface area contributed by atoms with Crippen molar-refractivity contribution in [2.75, 3.05) is 31.3 Å². The summed E-state index contributed by atoms with van der Waals surface area (Å²) < 4.78 is 32.3. The van der Waals surface area contributed by atoms with E-state index >= 15 is 0 Å². The summed E-state index contributed by atoms with van der Waals surface area (Å²) in [6.07, 6.45) is 2.60. The predicted molar refractivity (Wildman–Crippen MR) is 125 cm³/mol. The molecule has 0 atom stereocenters. The Morgan fingerprint density at radius 3 is 2.50 bits per heavy atom. The van der Waals surface area contributed by atoms with Crippen LogP contribution in [0, 0.1) is 5.92 Å². The van der Waals surface area contributed by atoms with E-state index in [2.05, 4.69) is 11.9 Å². The zero-order chi connectivity index (χ0) is 23.1. The van der Waals surface area contributed by atoms with E-state index in [-0.39, 0.29) is 35.4 Å². The summed E-state index contributed by atoms with van der Waals surface area (Å²) >= 11 is 1.58. The first-order chi connectivity index (χ1) is 15.4. The summed E-state index contributed by atoms with van der Waals surface area (Å²) in [5.74, 6) is -0.388. The van der Waals surface area contributed by atoms with Crippen LogP contribution in [0.25, 0.3) is 0 Å². The highest BCUT2D eigenvalue weighted by molar-refractivity contribution is 7.99. The van der Waals surface area contributed by atoms with Crippen molar-refractivity contribution in [3.8, 4) is 0 Å². The molecule has 0 unspecified atom stereocenters. The van der Waals surface area contributed by atoms with Crippen molar-refractivity contribution >= 4 is 39.3 Å². The number of esters is 1. The van der Waals surface area contributed by atoms with Crippen molar-refractivity contribution in [1.29, 1.82) is 0 Å². The normalized spacial score (nSPS) is 15.2. The summed E-state index contributed by atoms with van der Waals surface area (Å²) in [7, 11) is -2.67. The lowest BCUT2D eigenvalue weighted by molar-refractivity contribution is -0.120. The highest BCUT2D eigenvalue weighted by Crippen LogP contribution is 2.30. The summed E-state index contributed by atoms with van der Waals surface area (Å²) in [6.45, 7) is 4.12. The Labute approximate surface area is 192 Å². The SMILES string of the molecule is C=CCSc1ccccc1NC(=O)C1CCN(S(=O)(=O)c2ccccc2C(=O)OC)CC1. The van der Waals surface area contributed by atoms with Gasteiger partial charge in [0.1, 0.15) is 0 Å². The number of anilines is 1. The standard InChI is InChI=1S/C23H26N2O5S2/c1-3-16-31-20-10-6-5-9-19(20)24-22(26)17-12-14-25(15-13-17)32(28,29)21-11-7-4-8-18(21)23(27)30-2/h3-11,17H,1,12-16H2,2H3,(H,24,26). The zero-order valence-electron chi connectivity index (χ0n) is 17.8. The number of piperidine rings is 1. The molecule has 0 bridgehead atoms. The molecule has 9 heteroatoms. The molecule has 1 N–H and O–H groups in total. The summed E-state index contributed by atoms with van der Waals surface area (Å²) in [5.41, 5.74) is 0.745. The molecule has 1 heterocycles. The maximum atomic E-state index is 13.1. The van der Waals surface area contributed by atoms with Crippen LogP contribution in [-0.2, 0) is 19.6 Å². The number of methoxy groups -OCH3 is 1.